The second kappa shape index (κ2) is 10.4. The van der Waals surface area contributed by atoms with E-state index in [0.717, 1.165) is 77.6 Å². The third-order valence-corrected chi connectivity index (χ3v) is 8.31. The number of hydrogen-bond acceptors (Lipinski definition) is 4. The van der Waals surface area contributed by atoms with Crippen LogP contribution in [-0.4, -0.2) is 24.1 Å². The smallest absolute Gasteiger partial charge is 0.149 e. The zero-order valence-corrected chi connectivity index (χ0v) is 24.1. The predicted molar refractivity (Wildman–Crippen MR) is 181 cm³/mol. The highest BCUT2D eigenvalue weighted by molar-refractivity contribution is 6.15. The number of aromatic nitrogens is 5. The summed E-state index contributed by atoms with van der Waals surface area (Å²) in [5.74, 6) is 0. The largest absolute Gasteiger partial charge is 0.405 e. The fraction of sp³-hybridized carbons (Fsp3) is 0.0263. The number of nitrogens with zero attached hydrogens (tertiary/aromatic N) is 5. The van der Waals surface area contributed by atoms with Gasteiger partial charge in [-0.3, -0.25) is 19.1 Å². The summed E-state index contributed by atoms with van der Waals surface area (Å²) < 4.78 is 4.47. The third-order valence-electron chi connectivity index (χ3n) is 8.31. The minimum absolute atomic E-state index is 0.865. The van der Waals surface area contributed by atoms with Gasteiger partial charge in [0.1, 0.15) is 11.3 Å². The van der Waals surface area contributed by atoms with Crippen LogP contribution in [0.3, 0.4) is 0 Å². The second-order valence-corrected chi connectivity index (χ2v) is 10.7. The van der Waals surface area contributed by atoms with Crippen molar-refractivity contribution in [3.05, 3.63) is 146 Å². The first-order chi connectivity index (χ1) is 21.7. The van der Waals surface area contributed by atoms with Gasteiger partial charge < -0.3 is 5.73 Å². The van der Waals surface area contributed by atoms with Gasteiger partial charge in [-0.1, -0.05) is 48.5 Å². The molecule has 0 aliphatic heterocycles. The Hall–Kier alpha value is -6.01. The van der Waals surface area contributed by atoms with Crippen LogP contribution in [-0.2, 0) is 0 Å². The van der Waals surface area contributed by atoms with Crippen molar-refractivity contribution >= 4 is 49.6 Å². The molecule has 210 valence electrons. The Labute approximate surface area is 254 Å². The van der Waals surface area contributed by atoms with E-state index in [4.69, 9.17) is 15.7 Å². The molecule has 0 amide bonds. The van der Waals surface area contributed by atoms with Crippen LogP contribution in [0.2, 0.25) is 0 Å². The molecular formula is C38H28N6. The number of hydrogen-bond donors (Lipinski definition) is 1. The minimum Gasteiger partial charge on any atom is -0.405 e. The Morgan fingerprint density at radius 1 is 0.659 bits per heavy atom. The first-order valence-corrected chi connectivity index (χ1v) is 14.6. The first kappa shape index (κ1) is 25.7. The number of para-hydroxylation sites is 1. The van der Waals surface area contributed by atoms with E-state index in [9.17, 15) is 0 Å². The fourth-order valence-electron chi connectivity index (χ4n) is 6.25. The van der Waals surface area contributed by atoms with Crippen molar-refractivity contribution in [3.8, 4) is 22.5 Å². The van der Waals surface area contributed by atoms with Gasteiger partial charge in [-0.25, -0.2) is 4.98 Å². The molecule has 8 rings (SSSR count). The van der Waals surface area contributed by atoms with Crippen LogP contribution in [0.1, 0.15) is 12.5 Å². The van der Waals surface area contributed by atoms with Crippen molar-refractivity contribution in [2.45, 2.75) is 6.92 Å². The van der Waals surface area contributed by atoms with Gasteiger partial charge in [0.25, 0.3) is 0 Å². The number of fused-ring (bicyclic) bond motifs is 6. The van der Waals surface area contributed by atoms with Gasteiger partial charge in [-0.15, -0.1) is 0 Å². The van der Waals surface area contributed by atoms with Crippen molar-refractivity contribution in [2.75, 3.05) is 0 Å². The first-order valence-electron chi connectivity index (χ1n) is 14.6. The van der Waals surface area contributed by atoms with Gasteiger partial charge in [0, 0.05) is 46.1 Å². The highest BCUT2D eigenvalue weighted by Crippen LogP contribution is 2.37. The van der Waals surface area contributed by atoms with E-state index in [0.29, 0.717) is 0 Å². The van der Waals surface area contributed by atoms with E-state index in [1.54, 1.807) is 6.20 Å². The lowest BCUT2D eigenvalue weighted by molar-refractivity contribution is 1.11. The SMILES string of the molecule is C/C=C(\C=C/N)c1ccc(-n2c3cccnc3c3cc4c5ccccc5n(-c5ccc(-c6ccncc6)cc5)c4nc32)cc1. The summed E-state index contributed by atoms with van der Waals surface area (Å²) in [4.78, 5) is 14.4. The average Bonchev–Trinajstić information content (AvgIpc) is 3.59. The van der Waals surface area contributed by atoms with Crippen LogP contribution in [0, 0.1) is 0 Å². The van der Waals surface area contributed by atoms with E-state index in [-0.39, 0.29) is 0 Å². The molecule has 0 radical (unpaired) electrons. The van der Waals surface area contributed by atoms with Crippen LogP contribution in [0.5, 0.6) is 0 Å². The van der Waals surface area contributed by atoms with Crippen molar-refractivity contribution in [3.63, 3.8) is 0 Å². The normalized spacial score (nSPS) is 12.3. The Morgan fingerprint density at radius 3 is 2.07 bits per heavy atom. The Bertz CT molecular complexity index is 2380. The van der Waals surface area contributed by atoms with E-state index in [2.05, 4.69) is 105 Å². The van der Waals surface area contributed by atoms with Crippen LogP contribution in [0.25, 0.3) is 72.1 Å². The summed E-state index contributed by atoms with van der Waals surface area (Å²) in [7, 11) is 0. The van der Waals surface area contributed by atoms with Gasteiger partial charge in [0.2, 0.25) is 0 Å². The number of allylic oxidation sites excluding steroid dienone is 3. The topological polar surface area (TPSA) is 74.6 Å². The van der Waals surface area contributed by atoms with Crippen LogP contribution in [0.4, 0.5) is 0 Å². The van der Waals surface area contributed by atoms with Crippen LogP contribution in [0.15, 0.2) is 140 Å². The summed E-state index contributed by atoms with van der Waals surface area (Å²) in [5.41, 5.74) is 17.0. The molecule has 0 aliphatic rings. The van der Waals surface area contributed by atoms with E-state index in [1.165, 1.54) is 0 Å². The van der Waals surface area contributed by atoms with Crippen LogP contribution >= 0.6 is 0 Å². The van der Waals surface area contributed by atoms with Gasteiger partial charge in [-0.05, 0) is 102 Å². The maximum absolute atomic E-state index is 5.69. The molecule has 0 spiro atoms. The number of benzene rings is 3. The summed E-state index contributed by atoms with van der Waals surface area (Å²) in [6.07, 6.45) is 11.0. The lowest BCUT2D eigenvalue weighted by Gasteiger charge is -2.11. The van der Waals surface area contributed by atoms with Crippen molar-refractivity contribution in [1.82, 2.24) is 24.1 Å². The number of nitrogens with two attached hydrogens (primary N) is 1. The Morgan fingerprint density at radius 2 is 1.32 bits per heavy atom. The van der Waals surface area contributed by atoms with Gasteiger partial charge >= 0.3 is 0 Å². The molecule has 0 fully saturated rings. The van der Waals surface area contributed by atoms with Crippen molar-refractivity contribution < 1.29 is 0 Å². The molecule has 6 nitrogen and oxygen atoms in total. The zero-order valence-electron chi connectivity index (χ0n) is 24.1. The van der Waals surface area contributed by atoms with E-state index >= 15 is 0 Å². The number of rotatable bonds is 5. The summed E-state index contributed by atoms with van der Waals surface area (Å²) in [6, 6.07) is 36.1. The van der Waals surface area contributed by atoms with E-state index in [1.807, 2.05) is 49.8 Å². The summed E-state index contributed by atoms with van der Waals surface area (Å²) in [6.45, 7) is 2.02. The highest BCUT2D eigenvalue weighted by Gasteiger charge is 2.20. The molecular weight excluding hydrogens is 540 g/mol. The third kappa shape index (κ3) is 4.00. The molecule has 0 aliphatic carbocycles. The molecule has 2 N–H and O–H groups in total. The minimum atomic E-state index is 0.865. The van der Waals surface area contributed by atoms with Crippen LogP contribution < -0.4 is 5.73 Å². The predicted octanol–water partition coefficient (Wildman–Crippen LogP) is 8.61. The standard InChI is InChI=1S/C38H28N6/c1-2-25(17-20-39)26-9-13-30(14-10-26)44-35-8-5-21-41-36(35)33-24-32-31-6-3-4-7-34(31)43(37(32)42-38(33)44)29-15-11-27(12-16-29)28-18-22-40-23-19-28/h2-24H,39H2,1H3/b20-17-,25-2+. The second-order valence-electron chi connectivity index (χ2n) is 10.7. The quantitative estimate of drug-likeness (QED) is 0.211. The summed E-state index contributed by atoms with van der Waals surface area (Å²) in [5, 5.41) is 3.27. The molecule has 5 heterocycles. The monoisotopic (exact) mass is 568 g/mol. The molecule has 0 saturated heterocycles. The maximum atomic E-state index is 5.69. The lowest BCUT2D eigenvalue weighted by atomic mass is 10.1. The molecule has 0 unspecified atom stereocenters. The molecule has 0 bridgehead atoms. The Balaban J connectivity index is 1.38. The van der Waals surface area contributed by atoms with Crippen molar-refractivity contribution in [2.24, 2.45) is 5.73 Å². The molecule has 5 aromatic heterocycles. The maximum Gasteiger partial charge on any atom is 0.149 e. The van der Waals surface area contributed by atoms with Crippen molar-refractivity contribution in [1.29, 1.82) is 0 Å². The average molecular weight is 569 g/mol. The Kier molecular flexibility index (Phi) is 6.05. The van der Waals surface area contributed by atoms with Gasteiger partial charge in [-0.2, -0.15) is 0 Å². The molecule has 0 saturated carbocycles. The fourth-order valence-corrected chi connectivity index (χ4v) is 6.25. The molecule has 0 atom stereocenters. The van der Waals surface area contributed by atoms with Gasteiger partial charge in [0.15, 0.2) is 0 Å². The molecule has 44 heavy (non-hydrogen) atoms. The van der Waals surface area contributed by atoms with Gasteiger partial charge in [0.05, 0.1) is 16.6 Å². The number of pyridine rings is 3. The molecule has 8 aromatic rings. The van der Waals surface area contributed by atoms with E-state index < -0.39 is 0 Å². The molecule has 3 aromatic carbocycles. The lowest BCUT2D eigenvalue weighted by Crippen LogP contribution is -1.99. The zero-order chi connectivity index (χ0) is 29.6. The summed E-state index contributed by atoms with van der Waals surface area (Å²) >= 11 is 0. The molecule has 6 heteroatoms. The highest BCUT2D eigenvalue weighted by atomic mass is 15.1.